The van der Waals surface area contributed by atoms with Crippen LogP contribution in [0.25, 0.3) is 0 Å². The SMILES string of the molecule is CC(NC(=O)CNC(=O)C(CC(N)=O)NC(=O)C(N)Cc1ccc(O)cc1)C(=O)O. The molecule has 0 bridgehead atoms. The van der Waals surface area contributed by atoms with E-state index in [4.69, 9.17) is 16.6 Å². The van der Waals surface area contributed by atoms with Crippen molar-refractivity contribution in [1.29, 1.82) is 0 Å². The number of carbonyl (C=O) groups excluding carboxylic acids is 4. The maximum Gasteiger partial charge on any atom is 0.325 e. The van der Waals surface area contributed by atoms with Gasteiger partial charge in [0.25, 0.3) is 0 Å². The summed E-state index contributed by atoms with van der Waals surface area (Å²) in [4.78, 5) is 58.2. The number of nitrogens with two attached hydrogens (primary N) is 2. The number of carboxylic acids is 1. The lowest BCUT2D eigenvalue weighted by Crippen LogP contribution is -2.54. The highest BCUT2D eigenvalue weighted by molar-refractivity contribution is 5.95. The average Bonchev–Trinajstić information content (AvgIpc) is 2.66. The van der Waals surface area contributed by atoms with Crippen molar-refractivity contribution < 1.29 is 34.2 Å². The molecule has 1 aromatic carbocycles. The molecule has 0 fully saturated rings. The van der Waals surface area contributed by atoms with Gasteiger partial charge in [-0.2, -0.15) is 0 Å². The Hall–Kier alpha value is -3.67. The molecule has 12 heteroatoms. The topological polar surface area (TPSA) is 214 Å². The normalized spacial score (nSPS) is 13.4. The van der Waals surface area contributed by atoms with Crippen LogP contribution in [0.2, 0.25) is 0 Å². The van der Waals surface area contributed by atoms with E-state index >= 15 is 0 Å². The molecule has 12 nitrogen and oxygen atoms in total. The molecule has 0 saturated carbocycles. The van der Waals surface area contributed by atoms with Crippen LogP contribution in [0.3, 0.4) is 0 Å². The fourth-order valence-electron chi connectivity index (χ4n) is 2.31. The van der Waals surface area contributed by atoms with Gasteiger partial charge in [-0.3, -0.25) is 24.0 Å². The van der Waals surface area contributed by atoms with E-state index in [2.05, 4.69) is 16.0 Å². The number of carbonyl (C=O) groups is 5. The molecule has 0 aliphatic carbocycles. The Kier molecular flexibility index (Phi) is 9.23. The van der Waals surface area contributed by atoms with Crippen molar-refractivity contribution in [3.05, 3.63) is 29.8 Å². The molecule has 0 aliphatic heterocycles. The molecule has 1 rings (SSSR count). The van der Waals surface area contributed by atoms with Crippen LogP contribution in [0, 0.1) is 0 Å². The Balaban J connectivity index is 2.66. The van der Waals surface area contributed by atoms with Crippen LogP contribution >= 0.6 is 0 Å². The highest BCUT2D eigenvalue weighted by Gasteiger charge is 2.26. The van der Waals surface area contributed by atoms with E-state index in [1.165, 1.54) is 19.1 Å². The minimum atomic E-state index is -1.37. The molecule has 0 spiro atoms. The minimum absolute atomic E-state index is 0.0525. The Morgan fingerprint density at radius 3 is 2.17 bits per heavy atom. The van der Waals surface area contributed by atoms with Crippen molar-refractivity contribution in [3.63, 3.8) is 0 Å². The third-order valence-electron chi connectivity index (χ3n) is 3.94. The van der Waals surface area contributed by atoms with E-state index in [-0.39, 0.29) is 12.2 Å². The molecular weight excluding hydrogens is 398 g/mol. The second-order valence-electron chi connectivity index (χ2n) is 6.55. The van der Waals surface area contributed by atoms with Crippen LogP contribution in [0.1, 0.15) is 18.9 Å². The first-order chi connectivity index (χ1) is 14.0. The van der Waals surface area contributed by atoms with Gasteiger partial charge < -0.3 is 37.6 Å². The number of carboxylic acid groups (broad SMARTS) is 1. The van der Waals surface area contributed by atoms with Gasteiger partial charge in [-0.15, -0.1) is 0 Å². The Morgan fingerprint density at radius 1 is 1.03 bits per heavy atom. The summed E-state index contributed by atoms with van der Waals surface area (Å²) in [5.41, 5.74) is 11.6. The number of benzene rings is 1. The molecule has 1 aromatic rings. The van der Waals surface area contributed by atoms with Crippen molar-refractivity contribution in [2.24, 2.45) is 11.5 Å². The highest BCUT2D eigenvalue weighted by atomic mass is 16.4. The minimum Gasteiger partial charge on any atom is -0.508 e. The number of aliphatic carboxylic acids is 1. The Morgan fingerprint density at radius 2 is 1.63 bits per heavy atom. The van der Waals surface area contributed by atoms with Crippen molar-refractivity contribution in [2.75, 3.05) is 6.54 Å². The summed E-state index contributed by atoms with van der Waals surface area (Å²) in [6, 6.07) is 2.43. The molecule has 30 heavy (non-hydrogen) atoms. The van der Waals surface area contributed by atoms with Crippen LogP contribution in [0.5, 0.6) is 5.75 Å². The monoisotopic (exact) mass is 423 g/mol. The number of phenols is 1. The van der Waals surface area contributed by atoms with E-state index in [1.54, 1.807) is 12.1 Å². The maximum absolute atomic E-state index is 12.3. The lowest BCUT2D eigenvalue weighted by molar-refractivity contribution is -0.141. The van der Waals surface area contributed by atoms with Gasteiger partial charge in [0.2, 0.25) is 23.6 Å². The smallest absolute Gasteiger partial charge is 0.325 e. The molecule has 0 aliphatic rings. The lowest BCUT2D eigenvalue weighted by atomic mass is 10.0. The molecular formula is C18H25N5O7. The summed E-state index contributed by atoms with van der Waals surface area (Å²) in [6.45, 7) is 0.675. The fraction of sp³-hybridized carbons (Fsp3) is 0.389. The molecule has 3 atom stereocenters. The van der Waals surface area contributed by atoms with Crippen LogP contribution < -0.4 is 27.4 Å². The Bertz CT molecular complexity index is 797. The third kappa shape index (κ3) is 8.56. The van der Waals surface area contributed by atoms with Crippen LogP contribution in [-0.2, 0) is 30.4 Å². The molecule has 164 valence electrons. The first kappa shape index (κ1) is 24.4. The molecule has 0 radical (unpaired) electrons. The van der Waals surface area contributed by atoms with E-state index in [1.807, 2.05) is 0 Å². The van der Waals surface area contributed by atoms with Crippen molar-refractivity contribution >= 4 is 29.6 Å². The number of amides is 4. The number of hydrogen-bond acceptors (Lipinski definition) is 7. The standard InChI is InChI=1S/C18H25N5O7/c1-9(18(29)30)22-15(26)8-21-17(28)13(7-14(20)25)23-16(27)12(19)6-10-2-4-11(24)5-3-10/h2-5,9,12-13,24H,6-8,19H2,1H3,(H2,20,25)(H,21,28)(H,22,26)(H,23,27)(H,29,30). The van der Waals surface area contributed by atoms with Crippen molar-refractivity contribution in [1.82, 2.24) is 16.0 Å². The van der Waals surface area contributed by atoms with Gasteiger partial charge in [-0.25, -0.2) is 0 Å². The number of hydrogen-bond donors (Lipinski definition) is 7. The second kappa shape index (κ2) is 11.4. The Labute approximate surface area is 172 Å². The zero-order valence-corrected chi connectivity index (χ0v) is 16.3. The zero-order valence-electron chi connectivity index (χ0n) is 16.3. The second-order valence-corrected chi connectivity index (χ2v) is 6.55. The first-order valence-electron chi connectivity index (χ1n) is 8.91. The lowest BCUT2D eigenvalue weighted by Gasteiger charge is -2.20. The predicted molar refractivity (Wildman–Crippen MR) is 104 cm³/mol. The number of primary amides is 1. The summed E-state index contributed by atoms with van der Waals surface area (Å²) in [5, 5.41) is 24.7. The number of rotatable bonds is 11. The summed E-state index contributed by atoms with van der Waals surface area (Å²) < 4.78 is 0. The number of aromatic hydroxyl groups is 1. The van der Waals surface area contributed by atoms with E-state index in [0.717, 1.165) is 0 Å². The largest absolute Gasteiger partial charge is 0.508 e. The summed E-state index contributed by atoms with van der Waals surface area (Å²) in [5.74, 6) is -4.43. The van der Waals surface area contributed by atoms with Gasteiger partial charge in [0.1, 0.15) is 17.8 Å². The fourth-order valence-corrected chi connectivity index (χ4v) is 2.31. The zero-order chi connectivity index (χ0) is 22.8. The maximum atomic E-state index is 12.3. The number of nitrogens with one attached hydrogen (secondary N) is 3. The van der Waals surface area contributed by atoms with Gasteiger partial charge in [-0.1, -0.05) is 12.1 Å². The van der Waals surface area contributed by atoms with E-state index in [9.17, 15) is 29.1 Å². The summed E-state index contributed by atoms with van der Waals surface area (Å²) in [7, 11) is 0. The molecule has 0 saturated heterocycles. The molecule has 3 unspecified atom stereocenters. The molecule has 4 amide bonds. The van der Waals surface area contributed by atoms with Gasteiger partial charge >= 0.3 is 5.97 Å². The van der Waals surface area contributed by atoms with E-state index < -0.39 is 60.7 Å². The van der Waals surface area contributed by atoms with Crippen LogP contribution in [-0.4, -0.2) is 64.5 Å². The third-order valence-corrected chi connectivity index (χ3v) is 3.94. The van der Waals surface area contributed by atoms with E-state index in [0.29, 0.717) is 5.56 Å². The van der Waals surface area contributed by atoms with Gasteiger partial charge in [0, 0.05) is 0 Å². The molecule has 0 aromatic heterocycles. The van der Waals surface area contributed by atoms with Gasteiger partial charge in [0.05, 0.1) is 19.0 Å². The highest BCUT2D eigenvalue weighted by Crippen LogP contribution is 2.11. The average molecular weight is 423 g/mol. The molecule has 9 N–H and O–H groups in total. The van der Waals surface area contributed by atoms with Gasteiger partial charge in [-0.05, 0) is 31.0 Å². The first-order valence-corrected chi connectivity index (χ1v) is 8.91. The van der Waals surface area contributed by atoms with Crippen LogP contribution in [0.15, 0.2) is 24.3 Å². The predicted octanol–water partition coefficient (Wildman–Crippen LogP) is -2.67. The summed E-state index contributed by atoms with van der Waals surface area (Å²) in [6.07, 6.45) is -0.427. The van der Waals surface area contributed by atoms with Crippen molar-refractivity contribution in [2.45, 2.75) is 37.9 Å². The molecule has 0 heterocycles. The van der Waals surface area contributed by atoms with Gasteiger partial charge in [0.15, 0.2) is 0 Å². The quantitative estimate of drug-likeness (QED) is 0.199. The number of phenolic OH excluding ortho intramolecular Hbond substituents is 1. The summed E-state index contributed by atoms with van der Waals surface area (Å²) >= 11 is 0. The van der Waals surface area contributed by atoms with Crippen molar-refractivity contribution in [3.8, 4) is 5.75 Å². The van der Waals surface area contributed by atoms with Crippen LogP contribution in [0.4, 0.5) is 0 Å².